The lowest BCUT2D eigenvalue weighted by molar-refractivity contribution is -0.168. The van der Waals surface area contributed by atoms with E-state index >= 15 is 0 Å². The molecule has 0 saturated carbocycles. The molecule has 2 fully saturated rings. The van der Waals surface area contributed by atoms with Crippen molar-refractivity contribution in [2.24, 2.45) is 5.73 Å². The second kappa shape index (κ2) is 3.84. The van der Waals surface area contributed by atoms with Gasteiger partial charge in [-0.2, -0.15) is 0 Å². The van der Waals surface area contributed by atoms with Crippen LogP contribution in [0.1, 0.15) is 6.92 Å². The van der Waals surface area contributed by atoms with Crippen LogP contribution < -0.4 is 5.73 Å². The maximum atomic E-state index is 11.8. The van der Waals surface area contributed by atoms with E-state index < -0.39 is 6.04 Å². The van der Waals surface area contributed by atoms with Crippen LogP contribution in [0.5, 0.6) is 0 Å². The molecular weight excluding hydrogens is 184 g/mol. The highest BCUT2D eigenvalue weighted by Crippen LogP contribution is 2.19. The molecule has 2 heterocycles. The third-order valence-electron chi connectivity index (χ3n) is 2.67. The zero-order chi connectivity index (χ0) is 10.1. The monoisotopic (exact) mass is 200 g/mol. The van der Waals surface area contributed by atoms with Gasteiger partial charge in [-0.15, -0.1) is 0 Å². The zero-order valence-electron chi connectivity index (χ0n) is 8.31. The second-order valence-electron chi connectivity index (χ2n) is 3.92. The first kappa shape index (κ1) is 9.89. The molecule has 0 aromatic heterocycles. The van der Waals surface area contributed by atoms with Crippen LogP contribution in [0, 0.1) is 0 Å². The molecule has 1 atom stereocenters. The maximum Gasteiger partial charge on any atom is 0.240 e. The minimum Gasteiger partial charge on any atom is -0.377 e. The molecule has 80 valence electrons. The van der Waals surface area contributed by atoms with Crippen molar-refractivity contribution in [3.63, 3.8) is 0 Å². The summed E-state index contributed by atoms with van der Waals surface area (Å²) in [5.41, 5.74) is 5.60. The fraction of sp³-hybridized carbons (Fsp3) is 0.889. The highest BCUT2D eigenvalue weighted by atomic mass is 16.5. The van der Waals surface area contributed by atoms with E-state index in [1.54, 1.807) is 6.92 Å². The van der Waals surface area contributed by atoms with Crippen molar-refractivity contribution >= 4 is 5.91 Å². The lowest BCUT2D eigenvalue weighted by Gasteiger charge is -2.45. The van der Waals surface area contributed by atoms with Crippen LogP contribution in [0.2, 0.25) is 0 Å². The zero-order valence-corrected chi connectivity index (χ0v) is 8.31. The van der Waals surface area contributed by atoms with Crippen LogP contribution in [0.4, 0.5) is 0 Å². The molecule has 2 saturated heterocycles. The summed E-state index contributed by atoms with van der Waals surface area (Å²) in [5, 5.41) is 0. The van der Waals surface area contributed by atoms with E-state index in [2.05, 4.69) is 0 Å². The van der Waals surface area contributed by atoms with E-state index in [1.807, 2.05) is 4.90 Å². The number of hydrogen-bond acceptors (Lipinski definition) is 4. The quantitative estimate of drug-likeness (QED) is 0.587. The summed E-state index contributed by atoms with van der Waals surface area (Å²) in [4.78, 5) is 13.6. The number of carbonyl (C=O) groups is 1. The van der Waals surface area contributed by atoms with Gasteiger partial charge in [-0.3, -0.25) is 4.79 Å². The Bertz CT molecular complexity index is 210. The number of ether oxygens (including phenoxy) is 2. The summed E-state index contributed by atoms with van der Waals surface area (Å²) in [6.07, 6.45) is 0. The summed E-state index contributed by atoms with van der Waals surface area (Å²) in [7, 11) is 0. The first-order valence-corrected chi connectivity index (χ1v) is 4.93. The Balaban J connectivity index is 2.12. The van der Waals surface area contributed by atoms with Crippen LogP contribution in [0.25, 0.3) is 0 Å². The largest absolute Gasteiger partial charge is 0.377 e. The lowest BCUT2D eigenvalue weighted by atomic mass is 10.1. The van der Waals surface area contributed by atoms with Gasteiger partial charge in [0.2, 0.25) is 5.91 Å². The molecule has 1 amide bonds. The van der Waals surface area contributed by atoms with E-state index in [1.165, 1.54) is 0 Å². The topological polar surface area (TPSA) is 64.8 Å². The van der Waals surface area contributed by atoms with Crippen LogP contribution in [0.15, 0.2) is 0 Å². The van der Waals surface area contributed by atoms with Gasteiger partial charge in [0.1, 0.15) is 0 Å². The Kier molecular flexibility index (Phi) is 2.71. The molecule has 5 nitrogen and oxygen atoms in total. The molecule has 2 rings (SSSR count). The van der Waals surface area contributed by atoms with Crippen LogP contribution in [0.3, 0.4) is 0 Å². The van der Waals surface area contributed by atoms with Gasteiger partial charge in [-0.25, -0.2) is 0 Å². The van der Waals surface area contributed by atoms with Gasteiger partial charge in [-0.05, 0) is 6.92 Å². The lowest BCUT2D eigenvalue weighted by Crippen LogP contribution is -2.63. The fourth-order valence-electron chi connectivity index (χ4n) is 1.99. The summed E-state index contributed by atoms with van der Waals surface area (Å²) >= 11 is 0. The molecular formula is C9H16N2O3. The van der Waals surface area contributed by atoms with E-state index in [4.69, 9.17) is 15.2 Å². The van der Waals surface area contributed by atoms with E-state index in [0.717, 1.165) is 0 Å². The molecule has 1 unspecified atom stereocenters. The SMILES string of the molecule is CC(N)C(=O)N1C2COCC1COC2. The van der Waals surface area contributed by atoms with Gasteiger partial charge in [0, 0.05) is 0 Å². The molecule has 2 aliphatic rings. The van der Waals surface area contributed by atoms with Crippen LogP contribution in [-0.2, 0) is 14.3 Å². The molecule has 0 aromatic carbocycles. The van der Waals surface area contributed by atoms with Crippen molar-refractivity contribution in [1.82, 2.24) is 4.90 Å². The number of morpholine rings is 2. The predicted molar refractivity (Wildman–Crippen MR) is 49.7 cm³/mol. The first-order valence-electron chi connectivity index (χ1n) is 4.93. The normalized spacial score (nSPS) is 34.0. The summed E-state index contributed by atoms with van der Waals surface area (Å²) in [5.74, 6) is 0.00611. The van der Waals surface area contributed by atoms with Crippen molar-refractivity contribution in [2.75, 3.05) is 26.4 Å². The molecule has 2 bridgehead atoms. The minimum atomic E-state index is -0.434. The molecule has 5 heteroatoms. The number of fused-ring (bicyclic) bond motifs is 2. The van der Waals surface area contributed by atoms with Gasteiger partial charge in [-0.1, -0.05) is 0 Å². The van der Waals surface area contributed by atoms with Gasteiger partial charge in [0.25, 0.3) is 0 Å². The number of nitrogens with zero attached hydrogens (tertiary/aromatic N) is 1. The Morgan fingerprint density at radius 2 is 1.71 bits per heavy atom. The summed E-state index contributed by atoms with van der Waals surface area (Å²) in [6.45, 7) is 3.97. The molecule has 0 aliphatic carbocycles. The van der Waals surface area contributed by atoms with Crippen molar-refractivity contribution in [1.29, 1.82) is 0 Å². The van der Waals surface area contributed by atoms with Crippen LogP contribution in [-0.4, -0.2) is 55.4 Å². The molecule has 2 N–H and O–H groups in total. The molecule has 14 heavy (non-hydrogen) atoms. The Hall–Kier alpha value is -0.650. The standard InChI is InChI=1S/C9H16N2O3/c1-6(10)9(12)11-7-2-13-4-8(11)5-14-3-7/h6-8H,2-5,10H2,1H3. The number of hydrogen-bond donors (Lipinski definition) is 1. The van der Waals surface area contributed by atoms with Crippen LogP contribution >= 0.6 is 0 Å². The van der Waals surface area contributed by atoms with Crippen molar-refractivity contribution in [3.8, 4) is 0 Å². The molecule has 0 spiro atoms. The summed E-state index contributed by atoms with van der Waals surface area (Å²) in [6, 6.07) is -0.321. The van der Waals surface area contributed by atoms with Gasteiger partial charge >= 0.3 is 0 Å². The van der Waals surface area contributed by atoms with Gasteiger partial charge < -0.3 is 20.1 Å². The van der Waals surface area contributed by atoms with Gasteiger partial charge in [0.15, 0.2) is 0 Å². The maximum absolute atomic E-state index is 11.8. The number of nitrogens with two attached hydrogens (primary N) is 1. The molecule has 0 radical (unpaired) electrons. The molecule has 2 aliphatic heterocycles. The first-order chi connectivity index (χ1) is 6.70. The molecule has 0 aromatic rings. The van der Waals surface area contributed by atoms with E-state index in [9.17, 15) is 4.79 Å². The summed E-state index contributed by atoms with van der Waals surface area (Å²) < 4.78 is 10.8. The number of carbonyl (C=O) groups excluding carboxylic acids is 1. The second-order valence-corrected chi connectivity index (χ2v) is 3.92. The third kappa shape index (κ3) is 1.63. The predicted octanol–water partition coefficient (Wildman–Crippen LogP) is -1.04. The highest BCUT2D eigenvalue weighted by Gasteiger charge is 2.39. The third-order valence-corrected chi connectivity index (χ3v) is 2.67. The van der Waals surface area contributed by atoms with E-state index in [-0.39, 0.29) is 18.0 Å². The number of amides is 1. The van der Waals surface area contributed by atoms with E-state index in [0.29, 0.717) is 26.4 Å². The fourth-order valence-corrected chi connectivity index (χ4v) is 1.99. The Morgan fingerprint density at radius 3 is 2.07 bits per heavy atom. The highest BCUT2D eigenvalue weighted by molar-refractivity contribution is 5.82. The average Bonchev–Trinajstić information content (AvgIpc) is 2.15. The van der Waals surface area contributed by atoms with Crippen molar-refractivity contribution in [3.05, 3.63) is 0 Å². The average molecular weight is 200 g/mol. The Morgan fingerprint density at radius 1 is 1.29 bits per heavy atom. The number of rotatable bonds is 1. The van der Waals surface area contributed by atoms with Crippen molar-refractivity contribution in [2.45, 2.75) is 25.0 Å². The van der Waals surface area contributed by atoms with Gasteiger partial charge in [0.05, 0.1) is 44.6 Å². The minimum absolute atomic E-state index is 0.00611. The van der Waals surface area contributed by atoms with Crippen molar-refractivity contribution < 1.29 is 14.3 Å². The smallest absolute Gasteiger partial charge is 0.240 e. The Labute approximate surface area is 83.1 Å².